The Morgan fingerprint density at radius 3 is 1.65 bits per heavy atom. The van der Waals surface area contributed by atoms with E-state index in [4.69, 9.17) is 37.2 Å². The van der Waals surface area contributed by atoms with Crippen LogP contribution in [0.2, 0.25) is 0 Å². The van der Waals surface area contributed by atoms with Gasteiger partial charge in [-0.2, -0.15) is 0 Å². The minimum absolute atomic E-state index is 0.0426. The highest BCUT2D eigenvalue weighted by Crippen LogP contribution is 2.75. The molecule has 5 aliphatic rings. The summed E-state index contributed by atoms with van der Waals surface area (Å²) in [5, 5.41) is 13.5. The minimum Gasteiger partial charge on any atom is -0.404 e. The van der Waals surface area contributed by atoms with Gasteiger partial charge in [-0.3, -0.25) is 29.5 Å². The van der Waals surface area contributed by atoms with E-state index in [1.807, 2.05) is 18.2 Å². The molecule has 3 aliphatic carbocycles. The Balaban J connectivity index is 0.982. The summed E-state index contributed by atoms with van der Waals surface area (Å²) in [6, 6.07) is 22.4. The molecule has 1 unspecified atom stereocenters. The van der Waals surface area contributed by atoms with Crippen LogP contribution in [0.25, 0.3) is 21.5 Å². The number of non-ortho nitro benzene ring substituents is 1. The predicted molar refractivity (Wildman–Crippen MR) is 211 cm³/mol. The third kappa shape index (κ3) is 6.01. The molecule has 0 spiro atoms. The normalized spacial score (nSPS) is 23.0. The first-order valence-corrected chi connectivity index (χ1v) is 20.6. The van der Waals surface area contributed by atoms with Crippen molar-refractivity contribution in [2.75, 3.05) is 34.6 Å². The fourth-order valence-electron chi connectivity index (χ4n) is 9.41. The van der Waals surface area contributed by atoms with Crippen LogP contribution in [0.1, 0.15) is 42.2 Å². The van der Waals surface area contributed by atoms with Crippen LogP contribution in [0.4, 0.5) is 21.9 Å². The summed E-state index contributed by atoms with van der Waals surface area (Å²) >= 11 is 13.0. The van der Waals surface area contributed by atoms with Gasteiger partial charge in [0.05, 0.1) is 27.1 Å². The second kappa shape index (κ2) is 13.4. The predicted octanol–water partition coefficient (Wildman–Crippen LogP) is 8.16. The Hall–Kier alpha value is -5.24. The Morgan fingerprint density at radius 1 is 0.737 bits per heavy atom. The molecule has 2 atom stereocenters. The quantitative estimate of drug-likeness (QED) is 0.0365. The first-order valence-electron chi connectivity index (χ1n) is 18.0. The molecule has 0 saturated heterocycles. The number of nitro benzene ring substituents is 1. The van der Waals surface area contributed by atoms with Crippen LogP contribution in [0, 0.1) is 20.9 Å². The minimum atomic E-state index is -4.94. The van der Waals surface area contributed by atoms with Crippen LogP contribution in [-0.2, 0) is 14.2 Å². The van der Waals surface area contributed by atoms with E-state index in [1.54, 1.807) is 46.2 Å². The number of anilines is 2. The van der Waals surface area contributed by atoms with E-state index in [2.05, 4.69) is 0 Å². The summed E-state index contributed by atoms with van der Waals surface area (Å²) in [6.07, 6.45) is -0.147. The van der Waals surface area contributed by atoms with Crippen LogP contribution in [0.5, 0.6) is 17.2 Å². The number of alkyl halides is 2. The number of hydrogen-bond donors (Lipinski definition) is 2. The number of phosphoric ester groups is 1. The van der Waals surface area contributed by atoms with Crippen LogP contribution in [0.15, 0.2) is 84.9 Å². The zero-order valence-electron chi connectivity index (χ0n) is 29.8. The van der Waals surface area contributed by atoms with Gasteiger partial charge in [-0.25, -0.2) is 9.36 Å². The van der Waals surface area contributed by atoms with Gasteiger partial charge in [0, 0.05) is 71.7 Å². The number of nitrogens with zero attached hydrogens (tertiary/aromatic N) is 3. The standard InChI is InChI=1S/C40H32Cl2N3O11P/c41-15-22-17-43(30-13-32(26-5-1-3-7-28(26)34(22)30)55-38(48)54-25-11-9-24(10-12-25)45(49)50)36(46)39-19-40(20-39,21-39)37(47)44-18-23(16-42)35-29-8-4-2-6-27(29)33(14-31(35)44)56-57(51,52)53/h1-14,22-23H,15-21H2,(H2,51,52,53)/t22?,23-,39?,40?/m1/s1. The van der Waals surface area contributed by atoms with Gasteiger partial charge in [-0.1, -0.05) is 48.5 Å². The molecule has 0 aromatic heterocycles. The largest absolute Gasteiger partial charge is 0.524 e. The fraction of sp³-hybridized carbons (Fsp3) is 0.275. The maximum atomic E-state index is 14.6. The third-order valence-corrected chi connectivity index (χ3v) is 12.9. The Kier molecular flexibility index (Phi) is 8.79. The number of hydrogen-bond acceptors (Lipinski definition) is 9. The lowest BCUT2D eigenvalue weighted by atomic mass is 9.34. The van der Waals surface area contributed by atoms with Gasteiger partial charge in [0.25, 0.3) is 5.69 Å². The number of fused-ring (bicyclic) bond motifs is 6. The number of amides is 2. The monoisotopic (exact) mass is 831 g/mol. The SMILES string of the molecule is O=C(Oc1ccc([N+](=O)[O-])cc1)Oc1cc2c(c3ccccc13)C(CCl)CN2C(=O)C12CC(C(=O)N3C[C@@H](CCl)c4c3cc(OP(=O)(O)O)c3ccccc43)(C1)C2. The van der Waals surface area contributed by atoms with Crippen LogP contribution in [-0.4, -0.2) is 57.5 Å². The second-order valence-corrected chi connectivity index (χ2v) is 16.9. The van der Waals surface area contributed by atoms with E-state index in [-0.39, 0.29) is 71.4 Å². The molecule has 17 heteroatoms. The van der Waals surface area contributed by atoms with Crippen molar-refractivity contribution in [1.82, 2.24) is 0 Å². The van der Waals surface area contributed by atoms with Gasteiger partial charge >= 0.3 is 14.0 Å². The number of nitro groups is 1. The molecule has 2 bridgehead atoms. The molecule has 2 aliphatic heterocycles. The number of phosphoric acid groups is 1. The lowest BCUT2D eigenvalue weighted by molar-refractivity contribution is -0.384. The van der Waals surface area contributed by atoms with E-state index in [1.165, 1.54) is 30.3 Å². The highest BCUT2D eigenvalue weighted by molar-refractivity contribution is 7.46. The average molecular weight is 833 g/mol. The molecule has 2 N–H and O–H groups in total. The lowest BCUT2D eigenvalue weighted by Crippen LogP contribution is -2.73. The number of ether oxygens (including phenoxy) is 2. The molecule has 0 radical (unpaired) electrons. The Bertz CT molecular complexity index is 2600. The van der Waals surface area contributed by atoms with Crippen molar-refractivity contribution in [2.24, 2.45) is 10.8 Å². The van der Waals surface area contributed by atoms with Gasteiger partial charge in [-0.15, -0.1) is 23.2 Å². The van der Waals surface area contributed by atoms with Crippen molar-refractivity contribution in [2.45, 2.75) is 31.1 Å². The van der Waals surface area contributed by atoms with Crippen LogP contribution < -0.4 is 23.8 Å². The van der Waals surface area contributed by atoms with E-state index in [0.717, 1.165) is 16.5 Å². The molecular formula is C40H32Cl2N3O11P. The molecule has 14 nitrogen and oxygen atoms in total. The number of benzene rings is 5. The Labute approximate surface area is 334 Å². The summed E-state index contributed by atoms with van der Waals surface area (Å²) < 4.78 is 28.0. The summed E-state index contributed by atoms with van der Waals surface area (Å²) in [5.41, 5.74) is 0.867. The van der Waals surface area contributed by atoms with Gasteiger partial charge in [-0.05, 0) is 53.3 Å². The molecule has 2 amide bonds. The van der Waals surface area contributed by atoms with Crippen molar-refractivity contribution in [3.8, 4) is 17.2 Å². The fourth-order valence-corrected chi connectivity index (χ4v) is 10.3. The summed E-state index contributed by atoms with van der Waals surface area (Å²) in [4.78, 5) is 75.2. The van der Waals surface area contributed by atoms with Gasteiger partial charge < -0.3 is 23.8 Å². The molecule has 3 fully saturated rings. The van der Waals surface area contributed by atoms with E-state index < -0.39 is 29.7 Å². The van der Waals surface area contributed by atoms with Gasteiger partial charge in [0.1, 0.15) is 17.2 Å². The number of carbonyl (C=O) groups is 3. The average Bonchev–Trinajstić information content (AvgIpc) is 3.72. The maximum Gasteiger partial charge on any atom is 0.524 e. The number of halogens is 2. The van der Waals surface area contributed by atoms with Crippen LogP contribution in [0.3, 0.4) is 0 Å². The Morgan fingerprint density at radius 2 is 1.19 bits per heavy atom. The molecule has 10 rings (SSSR count). The van der Waals surface area contributed by atoms with E-state index in [9.17, 15) is 38.8 Å². The van der Waals surface area contributed by atoms with Crippen molar-refractivity contribution in [1.29, 1.82) is 0 Å². The smallest absolute Gasteiger partial charge is 0.404 e. The first kappa shape index (κ1) is 37.3. The third-order valence-electron chi connectivity index (χ3n) is 11.7. The molecule has 2 heterocycles. The van der Waals surface area contributed by atoms with E-state index in [0.29, 0.717) is 46.8 Å². The lowest BCUT2D eigenvalue weighted by Gasteiger charge is -2.69. The summed E-state index contributed by atoms with van der Waals surface area (Å²) in [6.45, 7) is 0.552. The van der Waals surface area contributed by atoms with E-state index >= 15 is 0 Å². The zero-order chi connectivity index (χ0) is 40.0. The molecule has 5 aromatic carbocycles. The highest BCUT2D eigenvalue weighted by atomic mass is 35.5. The summed E-state index contributed by atoms with van der Waals surface area (Å²) in [7, 11) is -4.94. The van der Waals surface area contributed by atoms with Gasteiger partial charge in [0.2, 0.25) is 11.8 Å². The first-order chi connectivity index (χ1) is 27.2. The van der Waals surface area contributed by atoms with Crippen LogP contribution >= 0.6 is 31.0 Å². The molecule has 5 aromatic rings. The van der Waals surface area contributed by atoms with Crippen molar-refractivity contribution < 1.29 is 47.7 Å². The number of rotatable bonds is 9. The molecule has 3 saturated carbocycles. The molecule has 57 heavy (non-hydrogen) atoms. The molecule has 292 valence electrons. The van der Waals surface area contributed by atoms with Gasteiger partial charge in [0.15, 0.2) is 0 Å². The highest BCUT2D eigenvalue weighted by Gasteiger charge is 2.76. The second-order valence-electron chi connectivity index (χ2n) is 15.1. The topological polar surface area (TPSA) is 186 Å². The number of carbonyl (C=O) groups excluding carboxylic acids is 3. The van der Waals surface area contributed by atoms with Crippen molar-refractivity contribution in [3.63, 3.8) is 0 Å². The zero-order valence-corrected chi connectivity index (χ0v) is 32.2. The molecular weight excluding hydrogens is 800 g/mol. The summed E-state index contributed by atoms with van der Waals surface area (Å²) in [5.74, 6) is -0.252. The van der Waals surface area contributed by atoms with Crippen molar-refractivity contribution >= 4 is 87.6 Å². The maximum absolute atomic E-state index is 14.6. The van der Waals surface area contributed by atoms with Crippen molar-refractivity contribution in [3.05, 3.63) is 106 Å².